The van der Waals surface area contributed by atoms with Crippen molar-refractivity contribution in [1.82, 2.24) is 19.8 Å². The third-order valence-corrected chi connectivity index (χ3v) is 6.16. The van der Waals surface area contributed by atoms with Crippen molar-refractivity contribution < 1.29 is 9.53 Å². The molecule has 184 valence electrons. The summed E-state index contributed by atoms with van der Waals surface area (Å²) in [5.41, 5.74) is 9.80. The Balaban J connectivity index is 1.37. The van der Waals surface area contributed by atoms with Gasteiger partial charge < -0.3 is 9.30 Å². The van der Waals surface area contributed by atoms with Crippen LogP contribution in [0.2, 0.25) is 0 Å². The number of hydrazone groups is 1. The van der Waals surface area contributed by atoms with Crippen LogP contribution in [-0.4, -0.2) is 33.6 Å². The summed E-state index contributed by atoms with van der Waals surface area (Å²) in [6, 6.07) is 29.1. The number of para-hydroxylation sites is 1. The third-order valence-electron chi connectivity index (χ3n) is 6.16. The molecule has 1 amide bonds. The molecule has 0 radical (unpaired) electrons. The standard InChI is InChI=1S/C30H27N5O2/c1-21-9-10-22(2)35(21)27-15-11-24(12-16-27)30(36)32-31-19-25-20-34(26-7-5-4-6-8-26)33-29(25)23-13-17-28(37-3)18-14-23/h4-20H,1-3H3,(H,32,36). The molecule has 0 unspecified atom stereocenters. The molecule has 0 atom stereocenters. The number of methoxy groups -OCH3 is 1. The number of ether oxygens (including phenoxy) is 1. The van der Waals surface area contributed by atoms with Crippen molar-refractivity contribution in [3.8, 4) is 28.4 Å². The van der Waals surface area contributed by atoms with E-state index in [1.807, 2.05) is 72.9 Å². The van der Waals surface area contributed by atoms with Gasteiger partial charge >= 0.3 is 0 Å². The zero-order valence-corrected chi connectivity index (χ0v) is 20.9. The van der Waals surface area contributed by atoms with Crippen LogP contribution >= 0.6 is 0 Å². The second kappa shape index (κ2) is 10.4. The number of hydrogen-bond donors (Lipinski definition) is 1. The largest absolute Gasteiger partial charge is 0.497 e. The Bertz CT molecular complexity index is 1530. The van der Waals surface area contributed by atoms with Crippen molar-refractivity contribution >= 4 is 12.1 Å². The van der Waals surface area contributed by atoms with Crippen molar-refractivity contribution in [3.63, 3.8) is 0 Å². The highest BCUT2D eigenvalue weighted by Gasteiger charge is 2.12. The maximum absolute atomic E-state index is 12.8. The molecule has 0 aliphatic heterocycles. The van der Waals surface area contributed by atoms with E-state index in [1.54, 1.807) is 30.1 Å². The summed E-state index contributed by atoms with van der Waals surface area (Å²) in [7, 11) is 1.63. The van der Waals surface area contributed by atoms with Crippen LogP contribution < -0.4 is 10.2 Å². The molecular weight excluding hydrogens is 462 g/mol. The summed E-state index contributed by atoms with van der Waals surface area (Å²) in [5.74, 6) is 0.479. The molecule has 0 aliphatic rings. The number of carbonyl (C=O) groups is 1. The smallest absolute Gasteiger partial charge is 0.271 e. The minimum atomic E-state index is -0.287. The van der Waals surface area contributed by atoms with Crippen LogP contribution in [0.5, 0.6) is 5.75 Å². The number of benzene rings is 3. The Kier molecular flexibility index (Phi) is 6.68. The maximum Gasteiger partial charge on any atom is 0.271 e. The highest BCUT2D eigenvalue weighted by atomic mass is 16.5. The van der Waals surface area contributed by atoms with Crippen molar-refractivity contribution in [1.29, 1.82) is 0 Å². The van der Waals surface area contributed by atoms with E-state index in [1.165, 1.54) is 0 Å². The minimum absolute atomic E-state index is 0.287. The summed E-state index contributed by atoms with van der Waals surface area (Å²) < 4.78 is 9.22. The first-order valence-corrected chi connectivity index (χ1v) is 11.9. The molecule has 0 saturated heterocycles. The van der Waals surface area contributed by atoms with E-state index in [4.69, 9.17) is 9.84 Å². The van der Waals surface area contributed by atoms with Crippen molar-refractivity contribution in [2.45, 2.75) is 13.8 Å². The van der Waals surface area contributed by atoms with E-state index in [9.17, 15) is 4.79 Å². The van der Waals surface area contributed by atoms with Gasteiger partial charge in [-0.2, -0.15) is 10.2 Å². The number of nitrogens with zero attached hydrogens (tertiary/aromatic N) is 4. The van der Waals surface area contributed by atoms with Gasteiger partial charge in [-0.15, -0.1) is 0 Å². The zero-order chi connectivity index (χ0) is 25.8. The third kappa shape index (κ3) is 5.06. The van der Waals surface area contributed by atoms with Crippen molar-refractivity contribution in [3.05, 3.63) is 120 Å². The molecule has 0 bridgehead atoms. The molecule has 7 nitrogen and oxygen atoms in total. The first-order valence-electron chi connectivity index (χ1n) is 11.9. The molecule has 0 fully saturated rings. The van der Waals surface area contributed by atoms with Gasteiger partial charge in [-0.05, 0) is 86.6 Å². The SMILES string of the molecule is COc1ccc(-c2nn(-c3ccccc3)cc2C=NNC(=O)c2ccc(-n3c(C)ccc3C)cc2)cc1. The van der Waals surface area contributed by atoms with E-state index >= 15 is 0 Å². The van der Waals surface area contributed by atoms with E-state index in [0.29, 0.717) is 5.56 Å². The Labute approximate surface area is 215 Å². The average Bonchev–Trinajstić information content (AvgIpc) is 3.52. The zero-order valence-electron chi connectivity index (χ0n) is 20.9. The molecule has 5 aromatic rings. The van der Waals surface area contributed by atoms with E-state index < -0.39 is 0 Å². The molecule has 1 N–H and O–H groups in total. The summed E-state index contributed by atoms with van der Waals surface area (Å²) in [4.78, 5) is 12.8. The predicted molar refractivity (Wildman–Crippen MR) is 146 cm³/mol. The fourth-order valence-electron chi connectivity index (χ4n) is 4.23. The number of amides is 1. The van der Waals surface area contributed by atoms with E-state index in [0.717, 1.165) is 45.3 Å². The molecule has 0 saturated carbocycles. The fraction of sp³-hybridized carbons (Fsp3) is 0.100. The fourth-order valence-corrected chi connectivity index (χ4v) is 4.23. The van der Waals surface area contributed by atoms with Crippen LogP contribution in [0, 0.1) is 13.8 Å². The molecule has 3 aromatic carbocycles. The molecule has 0 aliphatic carbocycles. The molecule has 2 aromatic heterocycles. The predicted octanol–water partition coefficient (Wildman–Crippen LogP) is 5.72. The average molecular weight is 490 g/mol. The normalized spacial score (nSPS) is 11.1. The molecule has 7 heteroatoms. The van der Waals surface area contributed by atoms with Gasteiger partial charge in [-0.1, -0.05) is 18.2 Å². The van der Waals surface area contributed by atoms with Crippen molar-refractivity contribution in [2.75, 3.05) is 7.11 Å². The van der Waals surface area contributed by atoms with Crippen LogP contribution in [0.25, 0.3) is 22.6 Å². The van der Waals surface area contributed by atoms with Crippen LogP contribution in [0.1, 0.15) is 27.3 Å². The topological polar surface area (TPSA) is 73.4 Å². The second-order valence-electron chi connectivity index (χ2n) is 8.64. The Morgan fingerprint density at radius 2 is 1.54 bits per heavy atom. The number of rotatable bonds is 7. The van der Waals surface area contributed by atoms with Gasteiger partial charge in [-0.3, -0.25) is 4.79 Å². The Morgan fingerprint density at radius 1 is 0.865 bits per heavy atom. The van der Waals surface area contributed by atoms with Crippen LogP contribution in [0.3, 0.4) is 0 Å². The van der Waals surface area contributed by atoms with Crippen LogP contribution in [0.4, 0.5) is 0 Å². The highest BCUT2D eigenvalue weighted by molar-refractivity contribution is 5.95. The lowest BCUT2D eigenvalue weighted by Gasteiger charge is -2.10. The number of carbonyl (C=O) groups excluding carboxylic acids is 1. The van der Waals surface area contributed by atoms with Gasteiger partial charge in [0.25, 0.3) is 5.91 Å². The van der Waals surface area contributed by atoms with Crippen LogP contribution in [0.15, 0.2) is 102 Å². The summed E-state index contributed by atoms with van der Waals surface area (Å²) in [6.45, 7) is 4.12. The van der Waals surface area contributed by atoms with E-state index in [2.05, 4.69) is 41.1 Å². The summed E-state index contributed by atoms with van der Waals surface area (Å²) in [5, 5.41) is 9.02. The van der Waals surface area contributed by atoms with Gasteiger partial charge in [0, 0.05) is 40.0 Å². The first kappa shape index (κ1) is 23.8. The number of hydrogen-bond acceptors (Lipinski definition) is 4. The van der Waals surface area contributed by atoms with Crippen LogP contribution in [-0.2, 0) is 0 Å². The molecule has 2 heterocycles. The minimum Gasteiger partial charge on any atom is -0.497 e. The Hall–Kier alpha value is -4.91. The molecule has 5 rings (SSSR count). The van der Waals surface area contributed by atoms with Gasteiger partial charge in [0.15, 0.2) is 0 Å². The second-order valence-corrected chi connectivity index (χ2v) is 8.64. The quantitative estimate of drug-likeness (QED) is 0.235. The summed E-state index contributed by atoms with van der Waals surface area (Å²) >= 11 is 0. The molecule has 37 heavy (non-hydrogen) atoms. The Morgan fingerprint density at radius 3 is 2.19 bits per heavy atom. The number of nitrogens with one attached hydrogen (secondary N) is 1. The number of aryl methyl sites for hydroxylation is 2. The maximum atomic E-state index is 12.8. The van der Waals surface area contributed by atoms with Crippen molar-refractivity contribution in [2.24, 2.45) is 5.10 Å². The summed E-state index contributed by atoms with van der Waals surface area (Å²) in [6.07, 6.45) is 3.51. The molecular formula is C30H27N5O2. The van der Waals surface area contributed by atoms with Gasteiger partial charge in [-0.25, -0.2) is 10.1 Å². The lowest BCUT2D eigenvalue weighted by molar-refractivity contribution is 0.0955. The monoisotopic (exact) mass is 489 g/mol. The van der Waals surface area contributed by atoms with Gasteiger partial charge in [0.2, 0.25) is 0 Å². The number of aromatic nitrogens is 3. The lowest BCUT2D eigenvalue weighted by atomic mass is 10.1. The lowest BCUT2D eigenvalue weighted by Crippen LogP contribution is -2.17. The van der Waals surface area contributed by atoms with Gasteiger partial charge in [0.05, 0.1) is 19.0 Å². The van der Waals surface area contributed by atoms with Gasteiger partial charge in [0.1, 0.15) is 11.4 Å². The highest BCUT2D eigenvalue weighted by Crippen LogP contribution is 2.25. The van der Waals surface area contributed by atoms with E-state index in [-0.39, 0.29) is 5.91 Å². The first-order chi connectivity index (χ1) is 18.0. The molecule has 0 spiro atoms.